The molecule has 0 aromatic heterocycles. The van der Waals surface area contributed by atoms with E-state index in [1.807, 2.05) is 55.5 Å². The Morgan fingerprint density at radius 2 is 1.96 bits per heavy atom. The van der Waals surface area contributed by atoms with Crippen LogP contribution >= 0.6 is 11.6 Å². The molecule has 0 aliphatic heterocycles. The number of rotatable bonds is 8. The molecule has 1 saturated carbocycles. The van der Waals surface area contributed by atoms with Crippen molar-refractivity contribution in [3.63, 3.8) is 0 Å². The first-order valence-electron chi connectivity index (χ1n) is 8.96. The SMILES string of the molecule is CC(CN)(NC(=O)Cc1cccc(OCc2ccc(Cl)cc2)c1)C1CC1. The van der Waals surface area contributed by atoms with E-state index >= 15 is 0 Å². The predicted octanol–water partition coefficient (Wildman–Crippen LogP) is 3.71. The van der Waals surface area contributed by atoms with E-state index in [0.29, 0.717) is 30.5 Å². The van der Waals surface area contributed by atoms with E-state index in [0.717, 1.165) is 29.7 Å². The third kappa shape index (κ3) is 4.99. The number of halogens is 1. The van der Waals surface area contributed by atoms with Crippen LogP contribution in [0.15, 0.2) is 48.5 Å². The van der Waals surface area contributed by atoms with Gasteiger partial charge in [-0.3, -0.25) is 4.79 Å². The summed E-state index contributed by atoms with van der Waals surface area (Å²) in [4.78, 5) is 12.4. The fourth-order valence-electron chi connectivity index (χ4n) is 3.08. The Kier molecular flexibility index (Phi) is 5.84. The van der Waals surface area contributed by atoms with Crippen molar-refractivity contribution in [1.82, 2.24) is 5.32 Å². The first kappa shape index (κ1) is 18.7. The van der Waals surface area contributed by atoms with Crippen LogP contribution in [0.4, 0.5) is 0 Å². The van der Waals surface area contributed by atoms with Gasteiger partial charge in [-0.15, -0.1) is 0 Å². The summed E-state index contributed by atoms with van der Waals surface area (Å²) >= 11 is 5.89. The van der Waals surface area contributed by atoms with Crippen molar-refractivity contribution in [2.24, 2.45) is 11.7 Å². The first-order chi connectivity index (χ1) is 12.5. The standard InChI is InChI=1S/C21H25ClN2O2/c1-21(14-23,17-7-8-17)24-20(25)12-16-3-2-4-19(11-16)26-13-15-5-9-18(22)10-6-15/h2-6,9-11,17H,7-8,12-14,23H2,1H3,(H,24,25). The summed E-state index contributed by atoms with van der Waals surface area (Å²) in [7, 11) is 0. The summed E-state index contributed by atoms with van der Waals surface area (Å²) in [5.41, 5.74) is 7.55. The minimum Gasteiger partial charge on any atom is -0.489 e. The van der Waals surface area contributed by atoms with Crippen LogP contribution in [0.5, 0.6) is 5.75 Å². The van der Waals surface area contributed by atoms with Crippen LogP contribution in [0.1, 0.15) is 30.9 Å². The van der Waals surface area contributed by atoms with E-state index < -0.39 is 0 Å². The number of carbonyl (C=O) groups is 1. The molecular weight excluding hydrogens is 348 g/mol. The van der Waals surface area contributed by atoms with E-state index in [2.05, 4.69) is 5.32 Å². The van der Waals surface area contributed by atoms with Gasteiger partial charge in [0.25, 0.3) is 0 Å². The van der Waals surface area contributed by atoms with Crippen LogP contribution < -0.4 is 15.8 Å². The molecule has 0 spiro atoms. The Labute approximate surface area is 159 Å². The van der Waals surface area contributed by atoms with Crippen LogP contribution in [-0.2, 0) is 17.8 Å². The van der Waals surface area contributed by atoms with E-state index in [4.69, 9.17) is 22.1 Å². The Bertz CT molecular complexity index is 759. The molecule has 0 bridgehead atoms. The monoisotopic (exact) mass is 372 g/mol. The minimum absolute atomic E-state index is 0.000277. The van der Waals surface area contributed by atoms with E-state index in [-0.39, 0.29) is 11.4 Å². The highest BCUT2D eigenvalue weighted by atomic mass is 35.5. The smallest absolute Gasteiger partial charge is 0.224 e. The number of nitrogens with one attached hydrogen (secondary N) is 1. The van der Waals surface area contributed by atoms with Crippen LogP contribution in [0, 0.1) is 5.92 Å². The fraction of sp³-hybridized carbons (Fsp3) is 0.381. The lowest BCUT2D eigenvalue weighted by molar-refractivity contribution is -0.122. The summed E-state index contributed by atoms with van der Waals surface area (Å²) in [5.74, 6) is 1.25. The quantitative estimate of drug-likeness (QED) is 0.742. The fourth-order valence-corrected chi connectivity index (χ4v) is 3.21. The molecule has 0 saturated heterocycles. The van der Waals surface area contributed by atoms with Crippen LogP contribution in [-0.4, -0.2) is 18.0 Å². The number of amides is 1. The van der Waals surface area contributed by atoms with Crippen molar-refractivity contribution in [3.8, 4) is 5.75 Å². The van der Waals surface area contributed by atoms with Crippen molar-refractivity contribution in [2.45, 2.75) is 38.3 Å². The van der Waals surface area contributed by atoms with Gasteiger partial charge in [0.2, 0.25) is 5.91 Å². The maximum atomic E-state index is 12.4. The Morgan fingerprint density at radius 3 is 2.62 bits per heavy atom. The van der Waals surface area contributed by atoms with Crippen molar-refractivity contribution < 1.29 is 9.53 Å². The third-order valence-electron chi connectivity index (χ3n) is 4.91. The van der Waals surface area contributed by atoms with E-state index in [9.17, 15) is 4.79 Å². The predicted molar refractivity (Wildman–Crippen MR) is 104 cm³/mol. The van der Waals surface area contributed by atoms with Gasteiger partial charge in [0.1, 0.15) is 12.4 Å². The Hall–Kier alpha value is -2.04. The number of benzene rings is 2. The van der Waals surface area contributed by atoms with Gasteiger partial charge in [0.05, 0.1) is 12.0 Å². The molecule has 0 radical (unpaired) electrons. The highest BCUT2D eigenvalue weighted by Gasteiger charge is 2.41. The van der Waals surface area contributed by atoms with Crippen molar-refractivity contribution >= 4 is 17.5 Å². The molecule has 1 aliphatic rings. The largest absolute Gasteiger partial charge is 0.489 e. The molecule has 2 aromatic rings. The van der Waals surface area contributed by atoms with Gasteiger partial charge >= 0.3 is 0 Å². The van der Waals surface area contributed by atoms with Crippen LogP contribution in [0.3, 0.4) is 0 Å². The molecule has 26 heavy (non-hydrogen) atoms. The molecule has 1 aliphatic carbocycles. The Balaban J connectivity index is 1.56. The topological polar surface area (TPSA) is 64.3 Å². The molecule has 1 unspecified atom stereocenters. The van der Waals surface area contributed by atoms with Gasteiger partial charge in [-0.05, 0) is 61.1 Å². The molecule has 1 amide bonds. The average molecular weight is 373 g/mol. The summed E-state index contributed by atoms with van der Waals surface area (Å²) in [6.45, 7) is 2.96. The summed E-state index contributed by atoms with van der Waals surface area (Å²) in [6.07, 6.45) is 2.60. The number of carbonyl (C=O) groups excluding carboxylic acids is 1. The van der Waals surface area contributed by atoms with Gasteiger partial charge in [-0.25, -0.2) is 0 Å². The highest BCUT2D eigenvalue weighted by Crippen LogP contribution is 2.39. The van der Waals surface area contributed by atoms with Crippen LogP contribution in [0.25, 0.3) is 0 Å². The van der Waals surface area contributed by atoms with Crippen LogP contribution in [0.2, 0.25) is 5.02 Å². The second-order valence-corrected chi connectivity index (χ2v) is 7.62. The van der Waals surface area contributed by atoms with Crippen molar-refractivity contribution in [1.29, 1.82) is 0 Å². The second-order valence-electron chi connectivity index (χ2n) is 7.18. The molecule has 1 atom stereocenters. The zero-order chi connectivity index (χ0) is 18.6. The number of hydrogen-bond donors (Lipinski definition) is 2. The summed E-state index contributed by atoms with van der Waals surface area (Å²) < 4.78 is 5.83. The average Bonchev–Trinajstić information content (AvgIpc) is 3.47. The molecular formula is C21H25ClN2O2. The van der Waals surface area contributed by atoms with Crippen molar-refractivity contribution in [2.75, 3.05) is 6.54 Å². The number of hydrogen-bond acceptors (Lipinski definition) is 3. The zero-order valence-corrected chi connectivity index (χ0v) is 15.8. The molecule has 4 nitrogen and oxygen atoms in total. The molecule has 3 rings (SSSR count). The minimum atomic E-state index is -0.292. The van der Waals surface area contributed by atoms with Gasteiger partial charge in [-0.2, -0.15) is 0 Å². The molecule has 138 valence electrons. The maximum Gasteiger partial charge on any atom is 0.224 e. The summed E-state index contributed by atoms with van der Waals surface area (Å²) in [6, 6.07) is 15.2. The van der Waals surface area contributed by atoms with E-state index in [1.165, 1.54) is 0 Å². The Morgan fingerprint density at radius 1 is 1.23 bits per heavy atom. The maximum absolute atomic E-state index is 12.4. The molecule has 0 heterocycles. The summed E-state index contributed by atoms with van der Waals surface area (Å²) in [5, 5.41) is 3.82. The zero-order valence-electron chi connectivity index (χ0n) is 15.0. The highest BCUT2D eigenvalue weighted by molar-refractivity contribution is 6.30. The van der Waals surface area contributed by atoms with Gasteiger partial charge in [0.15, 0.2) is 0 Å². The molecule has 2 aromatic carbocycles. The van der Waals surface area contributed by atoms with Crippen molar-refractivity contribution in [3.05, 3.63) is 64.7 Å². The lowest BCUT2D eigenvalue weighted by Gasteiger charge is -2.29. The lowest BCUT2D eigenvalue weighted by atomic mass is 9.95. The molecule has 5 heteroatoms. The number of nitrogens with two attached hydrogens (primary N) is 1. The lowest BCUT2D eigenvalue weighted by Crippen LogP contribution is -2.53. The molecule has 1 fully saturated rings. The number of ether oxygens (including phenoxy) is 1. The third-order valence-corrected chi connectivity index (χ3v) is 5.16. The van der Waals surface area contributed by atoms with Gasteiger partial charge < -0.3 is 15.8 Å². The normalized spacial score (nSPS) is 16.0. The molecule has 3 N–H and O–H groups in total. The van der Waals surface area contributed by atoms with Gasteiger partial charge in [-0.1, -0.05) is 35.9 Å². The van der Waals surface area contributed by atoms with E-state index in [1.54, 1.807) is 0 Å². The van der Waals surface area contributed by atoms with Gasteiger partial charge in [0, 0.05) is 11.6 Å². The first-order valence-corrected chi connectivity index (χ1v) is 9.33. The second kappa shape index (κ2) is 8.11.